The fourth-order valence-corrected chi connectivity index (χ4v) is 1.19. The quantitative estimate of drug-likeness (QED) is 0.779. The van der Waals surface area contributed by atoms with Gasteiger partial charge in [0, 0.05) is 18.8 Å². The number of hydrogen-bond acceptors (Lipinski definition) is 3. The maximum atomic E-state index is 5.92. The van der Waals surface area contributed by atoms with E-state index in [1.165, 1.54) is 0 Å². The number of nitrogens with one attached hydrogen (secondary N) is 1. The molecule has 1 aromatic rings. The number of nitrogens with zero attached hydrogens (tertiary/aromatic N) is 1. The predicted molar refractivity (Wildman–Crippen MR) is 56.0 cm³/mol. The number of rotatable bonds is 4. The molecule has 1 aromatic heterocycles. The van der Waals surface area contributed by atoms with Gasteiger partial charge < -0.3 is 11.1 Å². The van der Waals surface area contributed by atoms with Crippen LogP contribution in [0.1, 0.15) is 13.3 Å². The maximum absolute atomic E-state index is 5.92. The van der Waals surface area contributed by atoms with Crippen LogP contribution < -0.4 is 11.1 Å². The number of anilines is 1. The molecule has 0 bridgehead atoms. The summed E-state index contributed by atoms with van der Waals surface area (Å²) in [6.45, 7) is 2.66. The van der Waals surface area contributed by atoms with Crippen LogP contribution in [0.4, 0.5) is 5.82 Å². The van der Waals surface area contributed by atoms with Gasteiger partial charge in [0.05, 0.1) is 5.02 Å². The highest BCUT2D eigenvalue weighted by Gasteiger charge is 2.06. The highest BCUT2D eigenvalue weighted by atomic mass is 35.5. The number of hydrogen-bond donors (Lipinski definition) is 2. The summed E-state index contributed by atoms with van der Waals surface area (Å²) in [4.78, 5) is 4.12. The van der Waals surface area contributed by atoms with Gasteiger partial charge in [-0.25, -0.2) is 4.98 Å². The second-order valence-electron chi connectivity index (χ2n) is 2.82. The molecule has 1 unspecified atom stereocenters. The molecule has 3 N–H and O–H groups in total. The Morgan fingerprint density at radius 1 is 1.69 bits per heavy atom. The normalized spacial score (nSPS) is 12.5. The molecule has 0 aliphatic rings. The first-order valence-electron chi connectivity index (χ1n) is 4.35. The largest absolute Gasteiger partial charge is 0.365 e. The van der Waals surface area contributed by atoms with E-state index in [9.17, 15) is 0 Å². The molecule has 72 valence electrons. The molecule has 3 nitrogen and oxygen atoms in total. The van der Waals surface area contributed by atoms with Crippen LogP contribution in [0.3, 0.4) is 0 Å². The molecule has 1 atom stereocenters. The van der Waals surface area contributed by atoms with E-state index < -0.39 is 0 Å². The molecular formula is C9H14ClN3. The van der Waals surface area contributed by atoms with Crippen molar-refractivity contribution in [1.29, 1.82) is 0 Å². The summed E-state index contributed by atoms with van der Waals surface area (Å²) in [6, 6.07) is 3.85. The van der Waals surface area contributed by atoms with Crippen LogP contribution in [-0.4, -0.2) is 17.6 Å². The molecule has 0 aliphatic carbocycles. The van der Waals surface area contributed by atoms with Crippen molar-refractivity contribution in [2.45, 2.75) is 19.4 Å². The Hall–Kier alpha value is -0.800. The van der Waals surface area contributed by atoms with Gasteiger partial charge in [-0.2, -0.15) is 0 Å². The number of aromatic nitrogens is 1. The molecule has 0 aliphatic heterocycles. The van der Waals surface area contributed by atoms with E-state index in [2.05, 4.69) is 17.2 Å². The zero-order chi connectivity index (χ0) is 9.68. The highest BCUT2D eigenvalue weighted by Crippen LogP contribution is 2.18. The van der Waals surface area contributed by atoms with Crippen molar-refractivity contribution in [1.82, 2.24) is 4.98 Å². The van der Waals surface area contributed by atoms with Gasteiger partial charge in [0.25, 0.3) is 0 Å². The Labute approximate surface area is 83.3 Å². The van der Waals surface area contributed by atoms with E-state index >= 15 is 0 Å². The van der Waals surface area contributed by atoms with E-state index in [4.69, 9.17) is 17.3 Å². The summed E-state index contributed by atoms with van der Waals surface area (Å²) in [7, 11) is 0. The zero-order valence-electron chi connectivity index (χ0n) is 7.63. The maximum Gasteiger partial charge on any atom is 0.145 e. The smallest absolute Gasteiger partial charge is 0.145 e. The van der Waals surface area contributed by atoms with Crippen LogP contribution in [0, 0.1) is 0 Å². The summed E-state index contributed by atoms with van der Waals surface area (Å²) in [5.41, 5.74) is 5.55. The molecule has 0 spiro atoms. The summed E-state index contributed by atoms with van der Waals surface area (Å²) in [6.07, 6.45) is 2.67. The standard InChI is InChI=1S/C9H14ClN3/c1-2-7(6-11)13-9-8(10)4-3-5-12-9/h3-5,7H,2,6,11H2,1H3,(H,12,13). The minimum Gasteiger partial charge on any atom is -0.365 e. The van der Waals surface area contributed by atoms with Crippen LogP contribution in [0.2, 0.25) is 5.02 Å². The number of halogens is 1. The summed E-state index contributed by atoms with van der Waals surface area (Å²) >= 11 is 5.92. The average Bonchev–Trinajstić information content (AvgIpc) is 2.17. The van der Waals surface area contributed by atoms with Crippen molar-refractivity contribution >= 4 is 17.4 Å². The van der Waals surface area contributed by atoms with E-state index in [1.807, 2.05) is 0 Å². The highest BCUT2D eigenvalue weighted by molar-refractivity contribution is 6.32. The van der Waals surface area contributed by atoms with Crippen molar-refractivity contribution in [2.75, 3.05) is 11.9 Å². The fraction of sp³-hybridized carbons (Fsp3) is 0.444. The van der Waals surface area contributed by atoms with Crippen molar-refractivity contribution in [3.8, 4) is 0 Å². The third-order valence-corrected chi connectivity index (χ3v) is 2.18. The summed E-state index contributed by atoms with van der Waals surface area (Å²) in [5.74, 6) is 0.710. The van der Waals surface area contributed by atoms with Crippen LogP contribution in [-0.2, 0) is 0 Å². The molecule has 4 heteroatoms. The minimum absolute atomic E-state index is 0.243. The van der Waals surface area contributed by atoms with Crippen LogP contribution in [0.15, 0.2) is 18.3 Å². The van der Waals surface area contributed by atoms with Crippen LogP contribution >= 0.6 is 11.6 Å². The van der Waals surface area contributed by atoms with Gasteiger partial charge in [-0.3, -0.25) is 0 Å². The molecular weight excluding hydrogens is 186 g/mol. The third-order valence-electron chi connectivity index (χ3n) is 1.88. The van der Waals surface area contributed by atoms with E-state index in [0.717, 1.165) is 6.42 Å². The zero-order valence-corrected chi connectivity index (χ0v) is 8.38. The van der Waals surface area contributed by atoms with Crippen LogP contribution in [0.25, 0.3) is 0 Å². The van der Waals surface area contributed by atoms with E-state index in [1.54, 1.807) is 18.3 Å². The third kappa shape index (κ3) is 2.86. The predicted octanol–water partition coefficient (Wildman–Crippen LogP) is 1.88. The summed E-state index contributed by atoms with van der Waals surface area (Å²) < 4.78 is 0. The van der Waals surface area contributed by atoms with Crippen molar-refractivity contribution < 1.29 is 0 Å². The van der Waals surface area contributed by atoms with Gasteiger partial charge in [-0.05, 0) is 18.6 Å². The van der Waals surface area contributed by atoms with Gasteiger partial charge in [-0.15, -0.1) is 0 Å². The van der Waals surface area contributed by atoms with Gasteiger partial charge in [0.1, 0.15) is 5.82 Å². The van der Waals surface area contributed by atoms with Crippen LogP contribution in [0.5, 0.6) is 0 Å². The molecule has 1 rings (SSSR count). The van der Waals surface area contributed by atoms with E-state index in [-0.39, 0.29) is 6.04 Å². The fourth-order valence-electron chi connectivity index (χ4n) is 1.01. The average molecular weight is 200 g/mol. The second kappa shape index (κ2) is 5.04. The van der Waals surface area contributed by atoms with Gasteiger partial charge >= 0.3 is 0 Å². The van der Waals surface area contributed by atoms with Crippen molar-refractivity contribution in [3.63, 3.8) is 0 Å². The summed E-state index contributed by atoms with van der Waals surface area (Å²) in [5, 5.41) is 3.81. The number of pyridine rings is 1. The topological polar surface area (TPSA) is 50.9 Å². The van der Waals surface area contributed by atoms with Gasteiger partial charge in [0.2, 0.25) is 0 Å². The number of nitrogens with two attached hydrogens (primary N) is 1. The minimum atomic E-state index is 0.243. The Morgan fingerprint density at radius 2 is 2.46 bits per heavy atom. The molecule has 1 heterocycles. The van der Waals surface area contributed by atoms with Gasteiger partial charge in [0.15, 0.2) is 0 Å². The first-order chi connectivity index (χ1) is 6.27. The molecule has 0 saturated heterocycles. The van der Waals surface area contributed by atoms with Crippen molar-refractivity contribution in [2.24, 2.45) is 5.73 Å². The molecule has 0 fully saturated rings. The second-order valence-corrected chi connectivity index (χ2v) is 3.23. The lowest BCUT2D eigenvalue weighted by Crippen LogP contribution is -2.28. The van der Waals surface area contributed by atoms with Gasteiger partial charge in [-0.1, -0.05) is 18.5 Å². The monoisotopic (exact) mass is 199 g/mol. The molecule has 0 radical (unpaired) electrons. The lowest BCUT2D eigenvalue weighted by molar-refractivity contribution is 0.700. The lowest BCUT2D eigenvalue weighted by Gasteiger charge is -2.15. The Morgan fingerprint density at radius 3 is 3.00 bits per heavy atom. The Bertz CT molecular complexity index is 261. The first-order valence-corrected chi connectivity index (χ1v) is 4.72. The SMILES string of the molecule is CCC(CN)Nc1ncccc1Cl. The molecule has 0 saturated carbocycles. The molecule has 0 amide bonds. The van der Waals surface area contributed by atoms with Crippen molar-refractivity contribution in [3.05, 3.63) is 23.4 Å². The lowest BCUT2D eigenvalue weighted by atomic mass is 10.2. The Balaban J connectivity index is 2.67. The van der Waals surface area contributed by atoms with E-state index in [0.29, 0.717) is 17.4 Å². The molecule has 13 heavy (non-hydrogen) atoms. The Kier molecular flexibility index (Phi) is 3.99. The first kappa shape index (κ1) is 10.3. The molecule has 0 aromatic carbocycles.